The quantitative estimate of drug-likeness (QED) is 0.711. The maximum atomic E-state index is 13.0. The van der Waals surface area contributed by atoms with Gasteiger partial charge in [-0.2, -0.15) is 0 Å². The molecule has 0 spiro atoms. The van der Waals surface area contributed by atoms with Gasteiger partial charge in [-0.05, 0) is 29.8 Å². The molecular weight excluding hydrogens is 395 g/mol. The van der Waals surface area contributed by atoms with Gasteiger partial charge in [0.2, 0.25) is 15.7 Å². The van der Waals surface area contributed by atoms with Gasteiger partial charge in [0.15, 0.2) is 0 Å². The van der Waals surface area contributed by atoms with Gasteiger partial charge in [0, 0.05) is 23.5 Å². The summed E-state index contributed by atoms with van der Waals surface area (Å²) in [6.07, 6.45) is 2.78. The summed E-state index contributed by atoms with van der Waals surface area (Å²) in [7, 11) is -3.84. The topological polar surface area (TPSA) is 90.1 Å². The van der Waals surface area contributed by atoms with E-state index in [1.807, 2.05) is 30.3 Å². The summed E-state index contributed by atoms with van der Waals surface area (Å²) in [5, 5.41) is 0. The van der Waals surface area contributed by atoms with E-state index in [1.165, 1.54) is 30.6 Å². The molecule has 0 atom stereocenters. The number of carbonyl (C=O) groups excluding carboxylic acids is 1. The van der Waals surface area contributed by atoms with Crippen LogP contribution in [0.2, 0.25) is 0 Å². The molecule has 1 heterocycles. The third-order valence-corrected chi connectivity index (χ3v) is 5.36. The Balaban J connectivity index is 0.00000169. The first-order valence-electron chi connectivity index (χ1n) is 7.14. The van der Waals surface area contributed by atoms with Crippen LogP contribution in [0.1, 0.15) is 10.4 Å². The first-order valence-corrected chi connectivity index (χ1v) is 8.63. The summed E-state index contributed by atoms with van der Waals surface area (Å²) in [5.74, 6) is -0.683. The van der Waals surface area contributed by atoms with E-state index in [0.717, 1.165) is 5.56 Å². The lowest BCUT2D eigenvalue weighted by Gasteiger charge is -2.12. The van der Waals surface area contributed by atoms with E-state index in [9.17, 15) is 13.2 Å². The third-order valence-electron chi connectivity index (χ3n) is 3.59. The van der Waals surface area contributed by atoms with Crippen LogP contribution in [0.3, 0.4) is 0 Å². The van der Waals surface area contributed by atoms with E-state index < -0.39 is 15.7 Å². The number of benzene rings is 2. The number of pyridine rings is 1. The van der Waals surface area contributed by atoms with Crippen molar-refractivity contribution in [1.29, 1.82) is 0 Å². The van der Waals surface area contributed by atoms with E-state index in [-0.39, 0.29) is 40.2 Å². The molecule has 0 aliphatic rings. The molecule has 5 nitrogen and oxygen atoms in total. The van der Waals surface area contributed by atoms with Crippen LogP contribution < -0.4 is 5.73 Å². The molecule has 0 fully saturated rings. The van der Waals surface area contributed by atoms with Crippen LogP contribution in [0.5, 0.6) is 0 Å². The van der Waals surface area contributed by atoms with Crippen molar-refractivity contribution in [2.24, 2.45) is 5.73 Å². The van der Waals surface area contributed by atoms with Crippen molar-refractivity contribution < 1.29 is 13.2 Å². The van der Waals surface area contributed by atoms with Crippen molar-refractivity contribution in [2.45, 2.75) is 9.79 Å². The molecule has 26 heavy (non-hydrogen) atoms. The Morgan fingerprint density at radius 1 is 0.923 bits per heavy atom. The molecule has 2 N–H and O–H groups in total. The van der Waals surface area contributed by atoms with Gasteiger partial charge in [0.25, 0.3) is 0 Å². The number of nitrogens with zero attached hydrogens (tertiary/aromatic N) is 1. The Kier molecular flexibility index (Phi) is 7.32. The van der Waals surface area contributed by atoms with Crippen LogP contribution >= 0.6 is 24.8 Å². The average Bonchev–Trinajstić information content (AvgIpc) is 2.62. The molecular formula is C18H16Cl2N2O3S. The number of carbonyl (C=O) groups is 1. The molecule has 136 valence electrons. The van der Waals surface area contributed by atoms with Crippen molar-refractivity contribution in [3.05, 3.63) is 78.6 Å². The minimum atomic E-state index is -3.84. The number of primary amides is 1. The lowest BCUT2D eigenvalue weighted by molar-refractivity contribution is 0.1000. The Bertz CT molecular complexity index is 995. The summed E-state index contributed by atoms with van der Waals surface area (Å²) < 4.78 is 26.0. The van der Waals surface area contributed by atoms with E-state index in [4.69, 9.17) is 5.73 Å². The molecule has 0 unspecified atom stereocenters. The Labute approximate surface area is 164 Å². The first-order chi connectivity index (χ1) is 11.5. The zero-order chi connectivity index (χ0) is 17.2. The third kappa shape index (κ3) is 4.22. The normalized spacial score (nSPS) is 10.3. The number of amides is 1. The second kappa shape index (κ2) is 8.80. The van der Waals surface area contributed by atoms with Crippen molar-refractivity contribution in [1.82, 2.24) is 4.98 Å². The number of hydrogen-bond acceptors (Lipinski definition) is 4. The number of sulfone groups is 1. The number of aromatic nitrogens is 1. The highest BCUT2D eigenvalue weighted by atomic mass is 35.5. The molecule has 0 saturated carbocycles. The van der Waals surface area contributed by atoms with Gasteiger partial charge >= 0.3 is 0 Å². The number of nitrogens with two attached hydrogens (primary N) is 1. The van der Waals surface area contributed by atoms with Crippen LogP contribution in [0.4, 0.5) is 0 Å². The van der Waals surface area contributed by atoms with Gasteiger partial charge in [0.05, 0.1) is 9.79 Å². The highest BCUT2D eigenvalue weighted by Crippen LogP contribution is 2.32. The predicted octanol–water partition coefficient (Wildman–Crippen LogP) is 3.52. The lowest BCUT2D eigenvalue weighted by atomic mass is 10.0. The molecule has 8 heteroatoms. The Hall–Kier alpha value is -2.41. The van der Waals surface area contributed by atoms with Crippen molar-refractivity contribution in [3.8, 4) is 11.1 Å². The minimum Gasteiger partial charge on any atom is -0.366 e. The zero-order valence-corrected chi connectivity index (χ0v) is 15.9. The van der Waals surface area contributed by atoms with Crippen LogP contribution in [0.15, 0.2) is 82.8 Å². The highest BCUT2D eigenvalue weighted by Gasteiger charge is 2.23. The SMILES string of the molecule is Cl.Cl.NC(=O)c1ccc(-c2ccccc2)c(S(=O)(=O)c2cccnc2)c1. The molecule has 1 amide bonds. The molecule has 0 aliphatic carbocycles. The molecule has 2 aromatic carbocycles. The van der Waals surface area contributed by atoms with Crippen molar-refractivity contribution in [3.63, 3.8) is 0 Å². The van der Waals surface area contributed by atoms with Gasteiger partial charge in [-0.1, -0.05) is 36.4 Å². The zero-order valence-electron chi connectivity index (χ0n) is 13.4. The van der Waals surface area contributed by atoms with Crippen LogP contribution in [0, 0.1) is 0 Å². The molecule has 3 rings (SSSR count). The van der Waals surface area contributed by atoms with E-state index >= 15 is 0 Å². The number of hydrogen-bond donors (Lipinski definition) is 1. The fraction of sp³-hybridized carbons (Fsp3) is 0. The minimum absolute atomic E-state index is 0. The first kappa shape index (κ1) is 21.6. The standard InChI is InChI=1S/C18H14N2O3S.2ClH/c19-18(21)14-8-9-16(13-5-2-1-3-6-13)17(11-14)24(22,23)15-7-4-10-20-12-15;;/h1-12H,(H2,19,21);2*1H. The molecule has 0 aliphatic heterocycles. The van der Waals surface area contributed by atoms with Gasteiger partial charge in [-0.3, -0.25) is 9.78 Å². The number of halogens is 2. The van der Waals surface area contributed by atoms with E-state index in [0.29, 0.717) is 5.56 Å². The van der Waals surface area contributed by atoms with Gasteiger partial charge in [-0.25, -0.2) is 8.42 Å². The summed E-state index contributed by atoms with van der Waals surface area (Å²) in [5.41, 5.74) is 6.68. The maximum absolute atomic E-state index is 13.0. The summed E-state index contributed by atoms with van der Waals surface area (Å²) in [6, 6.07) is 16.5. The molecule has 0 radical (unpaired) electrons. The maximum Gasteiger partial charge on any atom is 0.248 e. The molecule has 0 saturated heterocycles. The molecule has 0 bridgehead atoms. The molecule has 1 aromatic heterocycles. The van der Waals surface area contributed by atoms with E-state index in [1.54, 1.807) is 12.1 Å². The smallest absolute Gasteiger partial charge is 0.248 e. The summed E-state index contributed by atoms with van der Waals surface area (Å²) in [6.45, 7) is 0. The molecule has 3 aromatic rings. The van der Waals surface area contributed by atoms with Crippen LogP contribution in [-0.2, 0) is 9.84 Å². The largest absolute Gasteiger partial charge is 0.366 e. The summed E-state index contributed by atoms with van der Waals surface area (Å²) in [4.78, 5) is 15.4. The number of rotatable bonds is 4. The Morgan fingerprint density at radius 3 is 2.19 bits per heavy atom. The fourth-order valence-electron chi connectivity index (χ4n) is 2.39. The lowest BCUT2D eigenvalue weighted by Crippen LogP contribution is -2.13. The van der Waals surface area contributed by atoms with Crippen LogP contribution in [-0.4, -0.2) is 19.3 Å². The van der Waals surface area contributed by atoms with Gasteiger partial charge in [0.1, 0.15) is 0 Å². The predicted molar refractivity (Wildman–Crippen MR) is 105 cm³/mol. The highest BCUT2D eigenvalue weighted by molar-refractivity contribution is 7.91. The fourth-order valence-corrected chi connectivity index (χ4v) is 3.86. The van der Waals surface area contributed by atoms with Crippen molar-refractivity contribution >= 4 is 40.6 Å². The monoisotopic (exact) mass is 410 g/mol. The van der Waals surface area contributed by atoms with E-state index in [2.05, 4.69) is 4.98 Å². The van der Waals surface area contributed by atoms with Crippen LogP contribution in [0.25, 0.3) is 11.1 Å². The average molecular weight is 411 g/mol. The Morgan fingerprint density at radius 2 is 1.62 bits per heavy atom. The van der Waals surface area contributed by atoms with Crippen molar-refractivity contribution in [2.75, 3.05) is 0 Å². The second-order valence-electron chi connectivity index (χ2n) is 5.13. The summed E-state index contributed by atoms with van der Waals surface area (Å²) >= 11 is 0. The second-order valence-corrected chi connectivity index (χ2v) is 7.05. The van der Waals surface area contributed by atoms with Gasteiger partial charge in [-0.15, -0.1) is 24.8 Å². The van der Waals surface area contributed by atoms with Gasteiger partial charge < -0.3 is 5.73 Å².